The Morgan fingerprint density at radius 1 is 0.714 bits per heavy atom. The Hall–Kier alpha value is -2.49. The number of ether oxygens (including phenoxy) is 2. The molecular weight excluding hydrogens is 370 g/mol. The number of hydrogen-bond acceptors (Lipinski definition) is 3. The lowest BCUT2D eigenvalue weighted by Crippen LogP contribution is -2.23. The molecule has 0 radical (unpaired) electrons. The zero-order valence-electron chi connectivity index (χ0n) is 16.9. The lowest BCUT2D eigenvalue weighted by molar-refractivity contribution is 0.469. The van der Waals surface area contributed by atoms with Crippen LogP contribution in [0.3, 0.4) is 0 Å². The van der Waals surface area contributed by atoms with Crippen LogP contribution >= 0.6 is 11.6 Å². The first kappa shape index (κ1) is 21.8. The SMILES string of the molecule is CC.CNC(C)Cc1ccc(Oc2ccc(Oc3ccc(Cl)cc3)cc2)cc1. The standard InChI is InChI=1S/C22H22ClNO2.C2H6/c1-16(24-2)15-17-3-7-19(8-4-17)25-21-11-13-22(14-12-21)26-20-9-5-18(23)6-10-20;1-2/h3-14,16,24H,15H2,1-2H3;1-2H3. The third kappa shape index (κ3) is 6.91. The third-order valence-corrected chi connectivity index (χ3v) is 4.32. The predicted molar refractivity (Wildman–Crippen MR) is 118 cm³/mol. The molecule has 1 N–H and O–H groups in total. The molecule has 1 unspecified atom stereocenters. The minimum Gasteiger partial charge on any atom is -0.457 e. The Morgan fingerprint density at radius 2 is 1.07 bits per heavy atom. The molecule has 0 aliphatic carbocycles. The minimum atomic E-state index is 0.454. The van der Waals surface area contributed by atoms with Crippen LogP contribution in [-0.2, 0) is 6.42 Å². The average Bonchev–Trinajstić information content (AvgIpc) is 2.74. The minimum absolute atomic E-state index is 0.454. The van der Waals surface area contributed by atoms with Crippen LogP contribution in [-0.4, -0.2) is 13.1 Å². The van der Waals surface area contributed by atoms with Crippen LogP contribution in [0.5, 0.6) is 23.0 Å². The first-order chi connectivity index (χ1) is 13.6. The lowest BCUT2D eigenvalue weighted by Gasteiger charge is -2.11. The van der Waals surface area contributed by atoms with Crippen molar-refractivity contribution in [1.29, 1.82) is 0 Å². The van der Waals surface area contributed by atoms with E-state index in [4.69, 9.17) is 21.1 Å². The highest BCUT2D eigenvalue weighted by molar-refractivity contribution is 6.30. The van der Waals surface area contributed by atoms with E-state index in [1.165, 1.54) is 5.56 Å². The van der Waals surface area contributed by atoms with E-state index in [2.05, 4.69) is 24.4 Å². The van der Waals surface area contributed by atoms with Crippen LogP contribution < -0.4 is 14.8 Å². The van der Waals surface area contributed by atoms with E-state index in [-0.39, 0.29) is 0 Å². The molecule has 0 spiro atoms. The Labute approximate surface area is 173 Å². The monoisotopic (exact) mass is 397 g/mol. The molecule has 1 atom stereocenters. The quantitative estimate of drug-likeness (QED) is 0.461. The Morgan fingerprint density at radius 3 is 1.46 bits per heavy atom. The van der Waals surface area contributed by atoms with E-state index in [9.17, 15) is 0 Å². The van der Waals surface area contributed by atoms with Crippen LogP contribution in [0.15, 0.2) is 72.8 Å². The number of likely N-dealkylation sites (N-methyl/N-ethyl adjacent to an activating group) is 1. The molecule has 0 fully saturated rings. The number of rotatable bonds is 7. The van der Waals surface area contributed by atoms with Gasteiger partial charge in [-0.1, -0.05) is 37.6 Å². The van der Waals surface area contributed by atoms with Gasteiger partial charge in [0.25, 0.3) is 0 Å². The zero-order valence-corrected chi connectivity index (χ0v) is 17.7. The predicted octanol–water partition coefficient (Wildman–Crippen LogP) is 7.10. The molecule has 3 rings (SSSR count). The molecule has 0 heterocycles. The summed E-state index contributed by atoms with van der Waals surface area (Å²) in [6, 6.07) is 23.5. The van der Waals surface area contributed by atoms with E-state index >= 15 is 0 Å². The Bertz CT molecular complexity index is 815. The topological polar surface area (TPSA) is 30.5 Å². The van der Waals surface area contributed by atoms with Crippen LogP contribution in [0.4, 0.5) is 0 Å². The van der Waals surface area contributed by atoms with E-state index in [0.717, 1.165) is 29.4 Å². The van der Waals surface area contributed by atoms with Crippen molar-refractivity contribution in [2.45, 2.75) is 33.2 Å². The third-order valence-electron chi connectivity index (χ3n) is 4.07. The van der Waals surface area contributed by atoms with E-state index < -0.39 is 0 Å². The van der Waals surface area contributed by atoms with Crippen LogP contribution in [0, 0.1) is 0 Å². The van der Waals surface area contributed by atoms with Crippen LogP contribution in [0.2, 0.25) is 5.02 Å². The van der Waals surface area contributed by atoms with Crippen molar-refractivity contribution in [3.63, 3.8) is 0 Å². The maximum Gasteiger partial charge on any atom is 0.127 e. The fourth-order valence-corrected chi connectivity index (χ4v) is 2.63. The average molecular weight is 398 g/mol. The first-order valence-corrected chi connectivity index (χ1v) is 9.98. The van der Waals surface area contributed by atoms with E-state index in [0.29, 0.717) is 11.1 Å². The Balaban J connectivity index is 0.00000136. The fraction of sp³-hybridized carbons (Fsp3) is 0.250. The molecule has 28 heavy (non-hydrogen) atoms. The van der Waals surface area contributed by atoms with Gasteiger partial charge in [-0.3, -0.25) is 0 Å². The molecule has 0 aromatic heterocycles. The largest absolute Gasteiger partial charge is 0.457 e. The highest BCUT2D eigenvalue weighted by atomic mass is 35.5. The van der Waals surface area contributed by atoms with Crippen molar-refractivity contribution in [1.82, 2.24) is 5.32 Å². The van der Waals surface area contributed by atoms with Gasteiger partial charge in [0, 0.05) is 11.1 Å². The van der Waals surface area contributed by atoms with E-state index in [1.807, 2.05) is 69.4 Å². The highest BCUT2D eigenvalue weighted by Gasteiger charge is 2.03. The molecule has 0 amide bonds. The van der Waals surface area contributed by atoms with Crippen molar-refractivity contribution in [2.24, 2.45) is 0 Å². The van der Waals surface area contributed by atoms with E-state index in [1.54, 1.807) is 12.1 Å². The second kappa shape index (κ2) is 11.4. The molecule has 0 saturated carbocycles. The summed E-state index contributed by atoms with van der Waals surface area (Å²) >= 11 is 5.88. The van der Waals surface area contributed by atoms with Gasteiger partial charge in [0.1, 0.15) is 23.0 Å². The van der Waals surface area contributed by atoms with Crippen LogP contribution in [0.25, 0.3) is 0 Å². The summed E-state index contributed by atoms with van der Waals surface area (Å²) in [5, 5.41) is 3.93. The first-order valence-electron chi connectivity index (χ1n) is 9.60. The van der Waals surface area contributed by atoms with Gasteiger partial charge in [0.2, 0.25) is 0 Å². The van der Waals surface area contributed by atoms with Gasteiger partial charge in [-0.05, 0) is 86.6 Å². The molecule has 3 nitrogen and oxygen atoms in total. The number of nitrogens with one attached hydrogen (secondary N) is 1. The highest BCUT2D eigenvalue weighted by Crippen LogP contribution is 2.27. The molecule has 148 valence electrons. The molecule has 3 aromatic rings. The summed E-state index contributed by atoms with van der Waals surface area (Å²) in [7, 11) is 1.97. The van der Waals surface area contributed by atoms with Gasteiger partial charge >= 0.3 is 0 Å². The fourth-order valence-electron chi connectivity index (χ4n) is 2.50. The molecule has 3 aromatic carbocycles. The van der Waals surface area contributed by atoms with Crippen LogP contribution in [0.1, 0.15) is 26.3 Å². The second-order valence-corrected chi connectivity index (χ2v) is 6.60. The van der Waals surface area contributed by atoms with Crippen molar-refractivity contribution in [3.05, 3.63) is 83.4 Å². The number of benzene rings is 3. The molecule has 0 aliphatic rings. The molecule has 0 aliphatic heterocycles. The summed E-state index contributed by atoms with van der Waals surface area (Å²) in [5.74, 6) is 3.08. The van der Waals surface area contributed by atoms with Gasteiger partial charge in [0.15, 0.2) is 0 Å². The Kier molecular flexibility index (Phi) is 8.86. The molecule has 4 heteroatoms. The van der Waals surface area contributed by atoms with Gasteiger partial charge in [-0.15, -0.1) is 0 Å². The summed E-state index contributed by atoms with van der Waals surface area (Å²) in [4.78, 5) is 0. The van der Waals surface area contributed by atoms with Crippen molar-refractivity contribution >= 4 is 11.6 Å². The maximum absolute atomic E-state index is 5.90. The second-order valence-electron chi connectivity index (χ2n) is 6.17. The number of hydrogen-bond donors (Lipinski definition) is 1. The molecular formula is C24H28ClNO2. The molecule has 0 saturated heterocycles. The lowest BCUT2D eigenvalue weighted by atomic mass is 10.1. The number of halogens is 1. The normalized spacial score (nSPS) is 11.2. The van der Waals surface area contributed by atoms with Crippen molar-refractivity contribution in [3.8, 4) is 23.0 Å². The summed E-state index contributed by atoms with van der Waals surface area (Å²) in [6.45, 7) is 6.16. The van der Waals surface area contributed by atoms with Gasteiger partial charge < -0.3 is 14.8 Å². The smallest absolute Gasteiger partial charge is 0.127 e. The maximum atomic E-state index is 5.90. The van der Waals surface area contributed by atoms with Gasteiger partial charge in [-0.2, -0.15) is 0 Å². The summed E-state index contributed by atoms with van der Waals surface area (Å²) in [6.07, 6.45) is 0.994. The molecule has 0 bridgehead atoms. The van der Waals surface area contributed by atoms with Crippen molar-refractivity contribution in [2.75, 3.05) is 7.05 Å². The summed E-state index contributed by atoms with van der Waals surface area (Å²) in [5.41, 5.74) is 1.28. The van der Waals surface area contributed by atoms with Crippen molar-refractivity contribution < 1.29 is 9.47 Å². The zero-order chi connectivity index (χ0) is 20.4. The summed E-state index contributed by atoms with van der Waals surface area (Å²) < 4.78 is 11.7. The van der Waals surface area contributed by atoms with Gasteiger partial charge in [-0.25, -0.2) is 0 Å². The van der Waals surface area contributed by atoms with Gasteiger partial charge in [0.05, 0.1) is 0 Å².